The topological polar surface area (TPSA) is 9.23 Å². The standard InChI is InChI=1S/C20H18Br2F6O/c21-17-7-3-1-5-13(17)9-15(11-19(23,24)25)29-16(12-20(26,27)28)10-14-6-2-4-8-18(14)22/h1-8,15-16H,9-12H2. The van der Waals surface area contributed by atoms with Crippen molar-refractivity contribution in [3.63, 3.8) is 0 Å². The van der Waals surface area contributed by atoms with E-state index in [1.807, 2.05) is 0 Å². The number of benzene rings is 2. The molecular formula is C20H18Br2F6O. The lowest BCUT2D eigenvalue weighted by Crippen LogP contribution is -2.33. The van der Waals surface area contributed by atoms with Gasteiger partial charge in [0.1, 0.15) is 0 Å². The molecule has 29 heavy (non-hydrogen) atoms. The van der Waals surface area contributed by atoms with Crippen LogP contribution in [0.25, 0.3) is 0 Å². The summed E-state index contributed by atoms with van der Waals surface area (Å²) in [7, 11) is 0. The van der Waals surface area contributed by atoms with Crippen molar-refractivity contribution in [2.75, 3.05) is 0 Å². The largest absolute Gasteiger partial charge is 0.391 e. The summed E-state index contributed by atoms with van der Waals surface area (Å²) in [5.41, 5.74) is 1.07. The van der Waals surface area contributed by atoms with Crippen LogP contribution >= 0.6 is 31.9 Å². The number of hydrogen-bond acceptors (Lipinski definition) is 1. The van der Waals surface area contributed by atoms with E-state index in [1.54, 1.807) is 48.5 Å². The molecule has 2 atom stereocenters. The Balaban J connectivity index is 2.25. The lowest BCUT2D eigenvalue weighted by atomic mass is 10.0. The van der Waals surface area contributed by atoms with E-state index in [0.717, 1.165) is 0 Å². The molecule has 0 bridgehead atoms. The average molecular weight is 548 g/mol. The SMILES string of the molecule is FC(F)(F)CC(Cc1ccccc1Br)OC(Cc1ccccc1Br)CC(F)(F)F. The van der Waals surface area contributed by atoms with Crippen molar-refractivity contribution in [3.8, 4) is 0 Å². The highest BCUT2D eigenvalue weighted by molar-refractivity contribution is 9.10. The number of halogens is 8. The predicted molar refractivity (Wildman–Crippen MR) is 106 cm³/mol. The number of alkyl halides is 6. The van der Waals surface area contributed by atoms with E-state index in [9.17, 15) is 26.3 Å². The molecule has 0 fully saturated rings. The smallest absolute Gasteiger partial charge is 0.374 e. The molecule has 2 aromatic carbocycles. The zero-order valence-electron chi connectivity index (χ0n) is 15.0. The maximum absolute atomic E-state index is 13.1. The summed E-state index contributed by atoms with van der Waals surface area (Å²) in [6, 6.07) is 13.3. The van der Waals surface area contributed by atoms with Crippen LogP contribution in [0.1, 0.15) is 24.0 Å². The Morgan fingerprint density at radius 3 is 1.31 bits per heavy atom. The second-order valence-electron chi connectivity index (χ2n) is 6.61. The molecule has 0 amide bonds. The summed E-state index contributed by atoms with van der Waals surface area (Å²) in [4.78, 5) is 0. The number of ether oxygens (including phenoxy) is 1. The van der Waals surface area contributed by atoms with Crippen LogP contribution in [0, 0.1) is 0 Å². The Labute approximate surface area is 181 Å². The summed E-state index contributed by atoms with van der Waals surface area (Å²) in [5.74, 6) is 0. The van der Waals surface area contributed by atoms with Crippen molar-refractivity contribution in [2.24, 2.45) is 0 Å². The summed E-state index contributed by atoms with van der Waals surface area (Å²) in [6.07, 6.45) is -15.0. The average Bonchev–Trinajstić information content (AvgIpc) is 2.56. The Morgan fingerprint density at radius 2 is 1.00 bits per heavy atom. The van der Waals surface area contributed by atoms with Gasteiger partial charge in [-0.25, -0.2) is 0 Å². The monoisotopic (exact) mass is 546 g/mol. The minimum Gasteiger partial charge on any atom is -0.374 e. The molecule has 2 unspecified atom stereocenters. The van der Waals surface area contributed by atoms with Crippen molar-refractivity contribution in [2.45, 2.75) is 50.2 Å². The van der Waals surface area contributed by atoms with Crippen molar-refractivity contribution in [3.05, 3.63) is 68.6 Å². The van der Waals surface area contributed by atoms with Crippen LogP contribution < -0.4 is 0 Å². The first-order valence-electron chi connectivity index (χ1n) is 8.69. The molecule has 0 saturated heterocycles. The van der Waals surface area contributed by atoms with Gasteiger partial charge in [0.2, 0.25) is 0 Å². The molecular weight excluding hydrogens is 530 g/mol. The number of rotatable bonds is 8. The van der Waals surface area contributed by atoms with E-state index in [0.29, 0.717) is 20.1 Å². The van der Waals surface area contributed by atoms with Crippen LogP contribution in [0.15, 0.2) is 57.5 Å². The number of hydrogen-bond donors (Lipinski definition) is 0. The highest BCUT2D eigenvalue weighted by Crippen LogP contribution is 2.32. The molecule has 1 nitrogen and oxygen atoms in total. The fraction of sp³-hybridized carbons (Fsp3) is 0.400. The van der Waals surface area contributed by atoms with Crippen LogP contribution in [0.4, 0.5) is 26.3 Å². The first kappa shape index (κ1) is 24.2. The summed E-state index contributed by atoms with van der Waals surface area (Å²) in [5, 5.41) is 0. The van der Waals surface area contributed by atoms with E-state index in [4.69, 9.17) is 4.74 Å². The van der Waals surface area contributed by atoms with Gasteiger partial charge in [-0.3, -0.25) is 0 Å². The molecule has 0 saturated carbocycles. The Morgan fingerprint density at radius 1 is 0.655 bits per heavy atom. The summed E-state index contributed by atoms with van der Waals surface area (Å²) < 4.78 is 85.0. The van der Waals surface area contributed by atoms with Crippen LogP contribution in [0.5, 0.6) is 0 Å². The maximum atomic E-state index is 13.1. The molecule has 0 spiro atoms. The highest BCUT2D eigenvalue weighted by Gasteiger charge is 2.37. The third-order valence-corrected chi connectivity index (χ3v) is 5.66. The fourth-order valence-corrected chi connectivity index (χ4v) is 3.84. The van der Waals surface area contributed by atoms with Gasteiger partial charge in [-0.05, 0) is 23.3 Å². The molecule has 2 aromatic rings. The minimum absolute atomic E-state index is 0.161. The minimum atomic E-state index is -4.57. The summed E-state index contributed by atoms with van der Waals surface area (Å²) in [6.45, 7) is 0. The van der Waals surface area contributed by atoms with E-state index >= 15 is 0 Å². The highest BCUT2D eigenvalue weighted by atomic mass is 79.9. The van der Waals surface area contributed by atoms with E-state index in [1.165, 1.54) is 0 Å². The van der Waals surface area contributed by atoms with E-state index in [-0.39, 0.29) is 12.8 Å². The zero-order chi connectivity index (χ0) is 21.7. The molecule has 0 aliphatic heterocycles. The fourth-order valence-electron chi connectivity index (χ4n) is 2.94. The zero-order valence-corrected chi connectivity index (χ0v) is 18.2. The lowest BCUT2D eigenvalue weighted by molar-refractivity contribution is -0.189. The predicted octanol–water partition coefficient (Wildman–Crippen LogP) is 7.66. The van der Waals surface area contributed by atoms with E-state index in [2.05, 4.69) is 31.9 Å². The molecule has 0 N–H and O–H groups in total. The second kappa shape index (κ2) is 10.3. The molecule has 0 aliphatic rings. The van der Waals surface area contributed by atoms with Crippen LogP contribution in [-0.4, -0.2) is 24.6 Å². The van der Waals surface area contributed by atoms with Crippen LogP contribution in [-0.2, 0) is 17.6 Å². The van der Waals surface area contributed by atoms with Gasteiger partial charge in [0.25, 0.3) is 0 Å². The van der Waals surface area contributed by atoms with Gasteiger partial charge in [0.05, 0.1) is 25.0 Å². The lowest BCUT2D eigenvalue weighted by Gasteiger charge is -2.27. The van der Waals surface area contributed by atoms with Gasteiger partial charge in [0.15, 0.2) is 0 Å². The van der Waals surface area contributed by atoms with Gasteiger partial charge in [-0.1, -0.05) is 68.3 Å². The van der Waals surface area contributed by atoms with Gasteiger partial charge in [-0.15, -0.1) is 0 Å². The molecule has 0 radical (unpaired) electrons. The second-order valence-corrected chi connectivity index (χ2v) is 8.32. The van der Waals surface area contributed by atoms with Gasteiger partial charge >= 0.3 is 12.4 Å². The van der Waals surface area contributed by atoms with Crippen molar-refractivity contribution >= 4 is 31.9 Å². The first-order valence-corrected chi connectivity index (χ1v) is 10.3. The molecule has 160 valence electrons. The Hall–Kier alpha value is -1.06. The Kier molecular flexibility index (Phi) is 8.60. The van der Waals surface area contributed by atoms with Gasteiger partial charge < -0.3 is 4.74 Å². The Bertz CT molecular complexity index is 726. The first-order chi connectivity index (χ1) is 13.4. The maximum Gasteiger partial charge on any atom is 0.391 e. The van der Waals surface area contributed by atoms with Crippen LogP contribution in [0.3, 0.4) is 0 Å². The van der Waals surface area contributed by atoms with Crippen molar-refractivity contribution < 1.29 is 31.1 Å². The van der Waals surface area contributed by atoms with Gasteiger partial charge in [-0.2, -0.15) is 26.3 Å². The quantitative estimate of drug-likeness (QED) is 0.308. The third-order valence-electron chi connectivity index (χ3n) is 4.11. The summed E-state index contributed by atoms with van der Waals surface area (Å²) >= 11 is 6.52. The molecule has 2 rings (SSSR count). The van der Waals surface area contributed by atoms with Crippen molar-refractivity contribution in [1.29, 1.82) is 0 Å². The molecule has 9 heteroatoms. The molecule has 0 aliphatic carbocycles. The normalized spacial score (nSPS) is 14.6. The van der Waals surface area contributed by atoms with Gasteiger partial charge in [0, 0.05) is 21.8 Å². The van der Waals surface area contributed by atoms with E-state index < -0.39 is 37.4 Å². The third kappa shape index (κ3) is 9.09. The van der Waals surface area contributed by atoms with Crippen molar-refractivity contribution in [1.82, 2.24) is 0 Å². The van der Waals surface area contributed by atoms with Crippen LogP contribution in [0.2, 0.25) is 0 Å². The molecule has 0 aromatic heterocycles. The molecule has 0 heterocycles.